The molecule has 1 aliphatic rings. The van der Waals surface area contributed by atoms with E-state index in [2.05, 4.69) is 9.97 Å². The highest BCUT2D eigenvalue weighted by molar-refractivity contribution is 6.30. The first kappa shape index (κ1) is 15.0. The lowest BCUT2D eigenvalue weighted by Crippen LogP contribution is -2.21. The molecule has 0 atom stereocenters. The molecule has 1 aromatic carbocycles. The summed E-state index contributed by atoms with van der Waals surface area (Å²) in [6, 6.07) is 9.83. The van der Waals surface area contributed by atoms with Gasteiger partial charge in [0.1, 0.15) is 0 Å². The lowest BCUT2D eigenvalue weighted by molar-refractivity contribution is 0.728. The van der Waals surface area contributed by atoms with Crippen molar-refractivity contribution in [3.63, 3.8) is 0 Å². The number of rotatable bonds is 2. The molecule has 1 aromatic heterocycles. The van der Waals surface area contributed by atoms with Gasteiger partial charge in [-0.3, -0.25) is 0 Å². The van der Waals surface area contributed by atoms with Crippen LogP contribution in [0.3, 0.4) is 0 Å². The molecule has 3 rings (SSSR count). The van der Waals surface area contributed by atoms with Gasteiger partial charge in [0.25, 0.3) is 0 Å². The molecular weight excluding hydrogens is 296 g/mol. The molecule has 0 aliphatic carbocycles. The topological polar surface area (TPSA) is 41.4 Å². The molecule has 0 spiro atoms. The molecule has 0 bridgehead atoms. The Hall–Kier alpha value is -1.94. The normalized spacial score (nSPS) is 15.4. The quantitative estimate of drug-likeness (QED) is 0.836. The standard InChI is InChI=1S/C17H19ClN4/c1-12-11-13(2)20-17(19-12)22-10-4-3-5-16(21-22)14-6-8-15(18)9-7-14/h6-9,11H,3-5,10H2,1-2H3. The fraction of sp³-hybridized carbons (Fsp3) is 0.353. The van der Waals surface area contributed by atoms with Gasteiger partial charge in [-0.1, -0.05) is 23.7 Å². The monoisotopic (exact) mass is 314 g/mol. The predicted octanol–water partition coefficient (Wildman–Crippen LogP) is 4.14. The van der Waals surface area contributed by atoms with Crippen molar-refractivity contribution >= 4 is 23.3 Å². The Morgan fingerprint density at radius 2 is 1.68 bits per heavy atom. The molecule has 2 aromatic rings. The van der Waals surface area contributed by atoms with Gasteiger partial charge in [-0.15, -0.1) is 0 Å². The minimum atomic E-state index is 0.686. The van der Waals surface area contributed by atoms with E-state index >= 15 is 0 Å². The van der Waals surface area contributed by atoms with Crippen LogP contribution in [0.4, 0.5) is 5.95 Å². The fourth-order valence-corrected chi connectivity index (χ4v) is 2.74. The van der Waals surface area contributed by atoms with E-state index in [4.69, 9.17) is 16.7 Å². The van der Waals surface area contributed by atoms with Crippen molar-refractivity contribution in [2.45, 2.75) is 33.1 Å². The Labute approximate surface area is 135 Å². The summed E-state index contributed by atoms with van der Waals surface area (Å²) in [6.07, 6.45) is 3.16. The first-order valence-electron chi connectivity index (χ1n) is 7.55. The lowest BCUT2D eigenvalue weighted by Gasteiger charge is -2.17. The number of halogens is 1. The zero-order valence-electron chi connectivity index (χ0n) is 12.9. The summed E-state index contributed by atoms with van der Waals surface area (Å²) in [6.45, 7) is 4.82. The summed E-state index contributed by atoms with van der Waals surface area (Å²) in [5.74, 6) is 0.686. The second-order valence-corrected chi connectivity index (χ2v) is 6.02. The first-order valence-corrected chi connectivity index (χ1v) is 7.93. The summed E-state index contributed by atoms with van der Waals surface area (Å²) in [7, 11) is 0. The van der Waals surface area contributed by atoms with E-state index in [-0.39, 0.29) is 0 Å². The van der Waals surface area contributed by atoms with Crippen LogP contribution in [0.2, 0.25) is 5.02 Å². The average Bonchev–Trinajstić information content (AvgIpc) is 2.73. The molecule has 4 nitrogen and oxygen atoms in total. The summed E-state index contributed by atoms with van der Waals surface area (Å²) < 4.78 is 0. The van der Waals surface area contributed by atoms with E-state index in [1.54, 1.807) is 0 Å². The number of hydrogen-bond donors (Lipinski definition) is 0. The van der Waals surface area contributed by atoms with Gasteiger partial charge in [0, 0.05) is 23.0 Å². The third-order valence-corrected chi connectivity index (χ3v) is 3.91. The largest absolute Gasteiger partial charge is 0.246 e. The highest BCUT2D eigenvalue weighted by atomic mass is 35.5. The highest BCUT2D eigenvalue weighted by Gasteiger charge is 2.16. The van der Waals surface area contributed by atoms with Crippen molar-refractivity contribution < 1.29 is 0 Å². The van der Waals surface area contributed by atoms with Crippen molar-refractivity contribution in [3.8, 4) is 0 Å². The zero-order valence-corrected chi connectivity index (χ0v) is 13.6. The number of aromatic nitrogens is 2. The van der Waals surface area contributed by atoms with Gasteiger partial charge in [-0.2, -0.15) is 5.10 Å². The van der Waals surface area contributed by atoms with Crippen LogP contribution in [-0.2, 0) is 0 Å². The Bertz CT molecular complexity index is 674. The molecule has 0 unspecified atom stereocenters. The molecule has 0 amide bonds. The van der Waals surface area contributed by atoms with Gasteiger partial charge in [-0.05, 0) is 56.9 Å². The van der Waals surface area contributed by atoms with Crippen LogP contribution in [0.25, 0.3) is 0 Å². The van der Waals surface area contributed by atoms with E-state index in [9.17, 15) is 0 Å². The number of benzene rings is 1. The van der Waals surface area contributed by atoms with Crippen LogP contribution in [-0.4, -0.2) is 22.2 Å². The maximum absolute atomic E-state index is 5.97. The van der Waals surface area contributed by atoms with Crippen molar-refractivity contribution in [2.24, 2.45) is 5.10 Å². The minimum absolute atomic E-state index is 0.686. The molecule has 0 fully saturated rings. The Balaban J connectivity index is 1.96. The Morgan fingerprint density at radius 3 is 2.36 bits per heavy atom. The Kier molecular flexibility index (Phi) is 4.39. The number of anilines is 1. The summed E-state index contributed by atoms with van der Waals surface area (Å²) >= 11 is 5.97. The number of hydrogen-bond acceptors (Lipinski definition) is 4. The van der Waals surface area contributed by atoms with Gasteiger partial charge < -0.3 is 0 Å². The van der Waals surface area contributed by atoms with E-state index < -0.39 is 0 Å². The van der Waals surface area contributed by atoms with Gasteiger partial charge >= 0.3 is 0 Å². The minimum Gasteiger partial charge on any atom is -0.231 e. The molecular formula is C17H19ClN4. The van der Waals surface area contributed by atoms with Gasteiger partial charge in [0.05, 0.1) is 5.71 Å². The molecule has 1 aliphatic heterocycles. The van der Waals surface area contributed by atoms with Gasteiger partial charge in [0.2, 0.25) is 5.95 Å². The lowest BCUT2D eigenvalue weighted by atomic mass is 10.1. The summed E-state index contributed by atoms with van der Waals surface area (Å²) in [5.41, 5.74) is 4.11. The fourth-order valence-electron chi connectivity index (χ4n) is 2.61. The molecule has 0 radical (unpaired) electrons. The van der Waals surface area contributed by atoms with Crippen LogP contribution in [0.15, 0.2) is 35.4 Å². The van der Waals surface area contributed by atoms with Gasteiger partial charge in [0.15, 0.2) is 0 Å². The van der Waals surface area contributed by atoms with Crippen molar-refractivity contribution in [1.82, 2.24) is 9.97 Å². The third-order valence-electron chi connectivity index (χ3n) is 3.65. The predicted molar refractivity (Wildman–Crippen MR) is 90.7 cm³/mol. The van der Waals surface area contributed by atoms with E-state index in [1.807, 2.05) is 49.2 Å². The maximum Gasteiger partial charge on any atom is 0.246 e. The van der Waals surface area contributed by atoms with Crippen LogP contribution < -0.4 is 5.01 Å². The second kappa shape index (κ2) is 6.44. The molecule has 0 saturated carbocycles. The summed E-state index contributed by atoms with van der Waals surface area (Å²) in [4.78, 5) is 9.06. The molecule has 0 N–H and O–H groups in total. The first-order chi connectivity index (χ1) is 10.6. The number of nitrogens with zero attached hydrogens (tertiary/aromatic N) is 4. The van der Waals surface area contributed by atoms with E-state index in [0.717, 1.165) is 53.5 Å². The average molecular weight is 315 g/mol. The molecule has 2 heterocycles. The molecule has 114 valence electrons. The SMILES string of the molecule is Cc1cc(C)nc(N2CCCCC(c3ccc(Cl)cc3)=N2)n1. The highest BCUT2D eigenvalue weighted by Crippen LogP contribution is 2.20. The van der Waals surface area contributed by atoms with Crippen LogP contribution in [0, 0.1) is 13.8 Å². The number of hydrazone groups is 1. The van der Waals surface area contributed by atoms with Crippen LogP contribution >= 0.6 is 11.6 Å². The van der Waals surface area contributed by atoms with Crippen molar-refractivity contribution in [1.29, 1.82) is 0 Å². The molecule has 5 heteroatoms. The molecule has 0 saturated heterocycles. The summed E-state index contributed by atoms with van der Waals surface area (Å²) in [5, 5.41) is 7.48. The third kappa shape index (κ3) is 3.45. The van der Waals surface area contributed by atoms with Crippen LogP contribution in [0.1, 0.15) is 36.2 Å². The Morgan fingerprint density at radius 1 is 1.00 bits per heavy atom. The number of aryl methyl sites for hydroxylation is 2. The second-order valence-electron chi connectivity index (χ2n) is 5.58. The van der Waals surface area contributed by atoms with Crippen LogP contribution in [0.5, 0.6) is 0 Å². The smallest absolute Gasteiger partial charge is 0.231 e. The van der Waals surface area contributed by atoms with E-state index in [0.29, 0.717) is 5.95 Å². The zero-order chi connectivity index (χ0) is 15.5. The van der Waals surface area contributed by atoms with Crippen molar-refractivity contribution in [3.05, 3.63) is 52.3 Å². The van der Waals surface area contributed by atoms with Gasteiger partial charge in [-0.25, -0.2) is 15.0 Å². The van der Waals surface area contributed by atoms with E-state index in [1.165, 1.54) is 0 Å². The molecule has 22 heavy (non-hydrogen) atoms. The van der Waals surface area contributed by atoms with Crippen molar-refractivity contribution in [2.75, 3.05) is 11.6 Å². The maximum atomic E-state index is 5.97.